The predicted octanol–water partition coefficient (Wildman–Crippen LogP) is 3.14. The Morgan fingerprint density at radius 2 is 2.25 bits per heavy atom. The second-order valence-corrected chi connectivity index (χ2v) is 4.92. The van der Waals surface area contributed by atoms with Crippen molar-refractivity contribution in [3.63, 3.8) is 0 Å². The Hall–Kier alpha value is -1.31. The minimum Gasteiger partial charge on any atom is -0.481 e. The summed E-state index contributed by atoms with van der Waals surface area (Å²) in [6.07, 6.45) is 2.46. The second kappa shape index (κ2) is 4.28. The lowest BCUT2D eigenvalue weighted by molar-refractivity contribution is -0.137. The van der Waals surface area contributed by atoms with Crippen LogP contribution in [0.25, 0.3) is 0 Å². The summed E-state index contributed by atoms with van der Waals surface area (Å²) in [6.45, 7) is 4.25. The molecule has 0 radical (unpaired) electrons. The van der Waals surface area contributed by atoms with Crippen molar-refractivity contribution in [1.82, 2.24) is 0 Å². The van der Waals surface area contributed by atoms with Gasteiger partial charge in [0.25, 0.3) is 0 Å². The molecule has 0 heterocycles. The fourth-order valence-electron chi connectivity index (χ4n) is 2.70. The molecule has 0 spiro atoms. The summed E-state index contributed by atoms with van der Waals surface area (Å²) in [5.41, 5.74) is 3.87. The van der Waals surface area contributed by atoms with Gasteiger partial charge in [0.05, 0.1) is 6.42 Å². The maximum Gasteiger partial charge on any atom is 0.303 e. The zero-order valence-corrected chi connectivity index (χ0v) is 9.86. The molecule has 1 aromatic carbocycles. The van der Waals surface area contributed by atoms with Crippen LogP contribution in [-0.4, -0.2) is 11.1 Å². The summed E-state index contributed by atoms with van der Waals surface area (Å²) >= 11 is 0. The lowest BCUT2D eigenvalue weighted by atomic mass is 9.74. The maximum absolute atomic E-state index is 10.9. The van der Waals surface area contributed by atoms with Gasteiger partial charge in [-0.1, -0.05) is 30.7 Å². The molecule has 0 saturated carbocycles. The van der Waals surface area contributed by atoms with Crippen molar-refractivity contribution < 1.29 is 9.90 Å². The van der Waals surface area contributed by atoms with Crippen LogP contribution >= 0.6 is 0 Å². The van der Waals surface area contributed by atoms with Crippen molar-refractivity contribution in [3.05, 3.63) is 34.9 Å². The highest BCUT2D eigenvalue weighted by atomic mass is 16.4. The van der Waals surface area contributed by atoms with Gasteiger partial charge in [-0.15, -0.1) is 0 Å². The average molecular weight is 218 g/mol. The van der Waals surface area contributed by atoms with Gasteiger partial charge in [0.1, 0.15) is 0 Å². The summed E-state index contributed by atoms with van der Waals surface area (Å²) in [6, 6.07) is 6.41. The summed E-state index contributed by atoms with van der Waals surface area (Å²) in [5, 5.41) is 8.96. The third-order valence-corrected chi connectivity index (χ3v) is 3.65. The maximum atomic E-state index is 10.9. The van der Waals surface area contributed by atoms with Crippen molar-refractivity contribution in [2.75, 3.05) is 0 Å². The Bertz CT molecular complexity index is 409. The third kappa shape index (κ3) is 2.11. The zero-order chi connectivity index (χ0) is 11.7. The van der Waals surface area contributed by atoms with Crippen molar-refractivity contribution >= 4 is 5.97 Å². The third-order valence-electron chi connectivity index (χ3n) is 3.65. The van der Waals surface area contributed by atoms with E-state index in [-0.39, 0.29) is 12.3 Å². The van der Waals surface area contributed by atoms with Gasteiger partial charge >= 0.3 is 5.97 Å². The number of aliphatic carboxylic acids is 1. The predicted molar refractivity (Wildman–Crippen MR) is 63.7 cm³/mol. The van der Waals surface area contributed by atoms with Crippen LogP contribution in [0.15, 0.2) is 18.2 Å². The van der Waals surface area contributed by atoms with Crippen molar-refractivity contribution in [2.45, 2.75) is 39.0 Å². The lowest BCUT2D eigenvalue weighted by Crippen LogP contribution is -2.21. The first-order valence-corrected chi connectivity index (χ1v) is 5.89. The monoisotopic (exact) mass is 218 g/mol. The Balaban J connectivity index is 2.36. The number of aryl methyl sites for hydroxylation is 2. The Morgan fingerprint density at radius 1 is 1.50 bits per heavy atom. The summed E-state index contributed by atoms with van der Waals surface area (Å²) < 4.78 is 0. The van der Waals surface area contributed by atoms with Gasteiger partial charge in [-0.2, -0.15) is 0 Å². The van der Waals surface area contributed by atoms with E-state index >= 15 is 0 Å². The number of hydrogen-bond acceptors (Lipinski definition) is 1. The molecule has 0 aliphatic heterocycles. The molecular formula is C14H18O2. The molecule has 16 heavy (non-hydrogen) atoms. The average Bonchev–Trinajstić information content (AvgIpc) is 2.22. The molecule has 1 N–H and O–H groups in total. The highest BCUT2D eigenvalue weighted by Crippen LogP contribution is 2.38. The largest absolute Gasteiger partial charge is 0.481 e. The fourth-order valence-corrected chi connectivity index (χ4v) is 2.70. The molecule has 0 saturated heterocycles. The number of carbonyl (C=O) groups is 1. The van der Waals surface area contributed by atoms with Crippen LogP contribution in [0.5, 0.6) is 0 Å². The number of benzene rings is 1. The lowest BCUT2D eigenvalue weighted by Gasteiger charge is -2.30. The van der Waals surface area contributed by atoms with Crippen LogP contribution in [0, 0.1) is 12.8 Å². The molecule has 2 heteroatoms. The van der Waals surface area contributed by atoms with Crippen LogP contribution in [0.2, 0.25) is 0 Å². The van der Waals surface area contributed by atoms with Gasteiger partial charge < -0.3 is 5.11 Å². The SMILES string of the molecule is Cc1ccc2c(c1)CCC(C)C2CC(=O)O. The highest BCUT2D eigenvalue weighted by Gasteiger charge is 2.28. The van der Waals surface area contributed by atoms with Gasteiger partial charge in [-0.05, 0) is 42.7 Å². The van der Waals surface area contributed by atoms with E-state index in [0.29, 0.717) is 5.92 Å². The first kappa shape index (κ1) is 11.2. The minimum atomic E-state index is -0.690. The van der Waals surface area contributed by atoms with E-state index in [9.17, 15) is 4.79 Å². The fraction of sp³-hybridized carbons (Fsp3) is 0.500. The molecular weight excluding hydrogens is 200 g/mol. The Kier molecular flexibility index (Phi) is 2.99. The van der Waals surface area contributed by atoms with Crippen molar-refractivity contribution in [3.8, 4) is 0 Å². The number of carboxylic acid groups (broad SMARTS) is 1. The first-order valence-electron chi connectivity index (χ1n) is 5.89. The molecule has 2 rings (SSSR count). The summed E-state index contributed by atoms with van der Waals surface area (Å²) in [5.74, 6) is -0.0153. The number of rotatable bonds is 2. The van der Waals surface area contributed by atoms with Gasteiger partial charge in [-0.25, -0.2) is 0 Å². The van der Waals surface area contributed by atoms with Gasteiger partial charge in [-0.3, -0.25) is 4.79 Å². The Labute approximate surface area is 96.3 Å². The standard InChI is InChI=1S/C14H18O2/c1-9-3-6-12-11(7-9)5-4-10(2)13(12)8-14(15)16/h3,6-7,10,13H,4-5,8H2,1-2H3,(H,15,16). The summed E-state index contributed by atoms with van der Waals surface area (Å²) in [7, 11) is 0. The van der Waals surface area contributed by atoms with E-state index in [1.807, 2.05) is 0 Å². The van der Waals surface area contributed by atoms with Crippen LogP contribution in [0.1, 0.15) is 42.4 Å². The normalized spacial score (nSPS) is 23.9. The number of carboxylic acids is 1. The van der Waals surface area contributed by atoms with Crippen LogP contribution in [-0.2, 0) is 11.2 Å². The molecule has 0 aromatic heterocycles. The van der Waals surface area contributed by atoms with Gasteiger partial charge in [0.2, 0.25) is 0 Å². The van der Waals surface area contributed by atoms with E-state index in [4.69, 9.17) is 5.11 Å². The van der Waals surface area contributed by atoms with E-state index in [1.165, 1.54) is 16.7 Å². The number of fused-ring (bicyclic) bond motifs is 1. The Morgan fingerprint density at radius 3 is 2.94 bits per heavy atom. The molecule has 2 unspecified atom stereocenters. The molecule has 0 fully saturated rings. The van der Waals surface area contributed by atoms with E-state index in [1.54, 1.807) is 0 Å². The van der Waals surface area contributed by atoms with Crippen molar-refractivity contribution in [2.24, 2.45) is 5.92 Å². The van der Waals surface area contributed by atoms with Crippen LogP contribution in [0.3, 0.4) is 0 Å². The number of hydrogen-bond donors (Lipinski definition) is 1. The topological polar surface area (TPSA) is 37.3 Å². The molecule has 2 atom stereocenters. The zero-order valence-electron chi connectivity index (χ0n) is 9.86. The molecule has 2 nitrogen and oxygen atoms in total. The summed E-state index contributed by atoms with van der Waals surface area (Å²) in [4.78, 5) is 10.9. The van der Waals surface area contributed by atoms with E-state index < -0.39 is 5.97 Å². The minimum absolute atomic E-state index is 0.196. The van der Waals surface area contributed by atoms with E-state index in [2.05, 4.69) is 32.0 Å². The molecule has 86 valence electrons. The smallest absolute Gasteiger partial charge is 0.303 e. The molecule has 1 aliphatic carbocycles. The van der Waals surface area contributed by atoms with Crippen LogP contribution in [0.4, 0.5) is 0 Å². The first-order chi connectivity index (χ1) is 7.58. The highest BCUT2D eigenvalue weighted by molar-refractivity contribution is 5.68. The van der Waals surface area contributed by atoms with Gasteiger partial charge in [0, 0.05) is 0 Å². The van der Waals surface area contributed by atoms with E-state index in [0.717, 1.165) is 12.8 Å². The molecule has 1 aromatic rings. The van der Waals surface area contributed by atoms with Crippen LogP contribution < -0.4 is 0 Å². The quantitative estimate of drug-likeness (QED) is 0.828. The van der Waals surface area contributed by atoms with Crippen molar-refractivity contribution in [1.29, 1.82) is 0 Å². The second-order valence-electron chi connectivity index (χ2n) is 4.92. The van der Waals surface area contributed by atoms with Gasteiger partial charge in [0.15, 0.2) is 0 Å². The molecule has 0 bridgehead atoms. The molecule has 0 amide bonds. The molecule has 1 aliphatic rings.